The van der Waals surface area contributed by atoms with Crippen molar-refractivity contribution < 1.29 is 9.63 Å². The van der Waals surface area contributed by atoms with Gasteiger partial charge in [-0.3, -0.25) is 0 Å². The van der Waals surface area contributed by atoms with Gasteiger partial charge in [-0.1, -0.05) is 31.8 Å². The summed E-state index contributed by atoms with van der Waals surface area (Å²) in [6, 6.07) is 0. The van der Waals surface area contributed by atoms with Gasteiger partial charge in [0.05, 0.1) is 12.5 Å². The summed E-state index contributed by atoms with van der Waals surface area (Å²) in [6.45, 7) is 4.45. The van der Waals surface area contributed by atoms with Gasteiger partial charge >= 0.3 is 0 Å². The lowest BCUT2D eigenvalue weighted by atomic mass is 9.98. The Hall–Kier alpha value is -0.900. The van der Waals surface area contributed by atoms with Crippen LogP contribution in [-0.2, 0) is 6.42 Å². The molecule has 0 bridgehead atoms. The molecule has 1 aromatic heterocycles. The Morgan fingerprint density at radius 3 is 2.67 bits per heavy atom. The quantitative estimate of drug-likeness (QED) is 0.892. The third-order valence-electron chi connectivity index (χ3n) is 4.64. The maximum atomic E-state index is 10.1. The predicted octanol–water partition coefficient (Wildman–Crippen LogP) is 2.68. The fourth-order valence-electron chi connectivity index (χ4n) is 3.09. The lowest BCUT2D eigenvalue weighted by Crippen LogP contribution is -2.20. The molecule has 3 rings (SSSR count). The second kappa shape index (κ2) is 4.34. The number of aliphatic hydroxyl groups is 1. The number of aliphatic hydroxyl groups excluding tert-OH is 1. The van der Waals surface area contributed by atoms with Crippen molar-refractivity contribution in [3.8, 4) is 0 Å². The van der Waals surface area contributed by atoms with Crippen LogP contribution in [0.15, 0.2) is 4.52 Å². The summed E-state index contributed by atoms with van der Waals surface area (Å²) in [6.07, 6.45) is 6.10. The van der Waals surface area contributed by atoms with Crippen LogP contribution in [0.2, 0.25) is 0 Å². The monoisotopic (exact) mass is 250 g/mol. The summed E-state index contributed by atoms with van der Waals surface area (Å²) >= 11 is 0. The molecule has 4 heteroatoms. The molecule has 2 saturated carbocycles. The molecule has 0 saturated heterocycles. The number of hydrogen-bond acceptors (Lipinski definition) is 4. The van der Waals surface area contributed by atoms with Crippen LogP contribution in [0.4, 0.5) is 0 Å². The van der Waals surface area contributed by atoms with Crippen LogP contribution in [0, 0.1) is 11.3 Å². The largest absolute Gasteiger partial charge is 0.392 e. The van der Waals surface area contributed by atoms with E-state index in [1.807, 2.05) is 0 Å². The third kappa shape index (κ3) is 2.30. The Morgan fingerprint density at radius 1 is 1.39 bits per heavy atom. The fraction of sp³-hybridized carbons (Fsp3) is 0.857. The molecule has 1 aromatic rings. The lowest BCUT2D eigenvalue weighted by molar-refractivity contribution is 0.102. The molecule has 2 atom stereocenters. The predicted molar refractivity (Wildman–Crippen MR) is 67.1 cm³/mol. The molecule has 2 aliphatic carbocycles. The van der Waals surface area contributed by atoms with E-state index >= 15 is 0 Å². The van der Waals surface area contributed by atoms with E-state index in [4.69, 9.17) is 4.52 Å². The average Bonchev–Trinajstić information content (AvgIpc) is 2.82. The highest BCUT2D eigenvalue weighted by Crippen LogP contribution is 2.57. The zero-order chi connectivity index (χ0) is 12.8. The number of nitrogens with zero attached hydrogens (tertiary/aromatic N) is 2. The molecule has 2 fully saturated rings. The first kappa shape index (κ1) is 12.2. The molecule has 0 spiro atoms. The van der Waals surface area contributed by atoms with Gasteiger partial charge in [0, 0.05) is 5.92 Å². The highest BCUT2D eigenvalue weighted by atomic mass is 16.5. The molecule has 1 heterocycles. The van der Waals surface area contributed by atoms with E-state index in [0.717, 1.165) is 25.1 Å². The Balaban J connectivity index is 1.60. The summed E-state index contributed by atoms with van der Waals surface area (Å²) in [4.78, 5) is 4.44. The van der Waals surface area contributed by atoms with E-state index in [1.54, 1.807) is 0 Å². The van der Waals surface area contributed by atoms with Crippen LogP contribution in [0.1, 0.15) is 63.6 Å². The van der Waals surface area contributed by atoms with E-state index in [1.165, 1.54) is 12.8 Å². The summed E-state index contributed by atoms with van der Waals surface area (Å²) < 4.78 is 5.27. The van der Waals surface area contributed by atoms with Gasteiger partial charge in [0.15, 0.2) is 5.82 Å². The van der Waals surface area contributed by atoms with Gasteiger partial charge in [-0.15, -0.1) is 0 Å². The van der Waals surface area contributed by atoms with E-state index in [9.17, 15) is 5.11 Å². The van der Waals surface area contributed by atoms with Gasteiger partial charge in [0.25, 0.3) is 0 Å². The minimum Gasteiger partial charge on any atom is -0.392 e. The van der Waals surface area contributed by atoms with Crippen molar-refractivity contribution in [3.63, 3.8) is 0 Å². The van der Waals surface area contributed by atoms with Crippen molar-refractivity contribution in [1.29, 1.82) is 0 Å². The van der Waals surface area contributed by atoms with Crippen LogP contribution >= 0.6 is 0 Å². The Bertz CT molecular complexity index is 421. The fourth-order valence-corrected chi connectivity index (χ4v) is 3.09. The van der Waals surface area contributed by atoms with Crippen LogP contribution in [0.3, 0.4) is 0 Å². The first-order valence-electron chi connectivity index (χ1n) is 7.07. The summed E-state index contributed by atoms with van der Waals surface area (Å²) in [5.74, 6) is 2.30. The van der Waals surface area contributed by atoms with E-state index in [2.05, 4.69) is 24.0 Å². The van der Waals surface area contributed by atoms with Crippen molar-refractivity contribution in [2.75, 3.05) is 0 Å². The third-order valence-corrected chi connectivity index (χ3v) is 4.64. The Kier molecular flexibility index (Phi) is 2.93. The van der Waals surface area contributed by atoms with Gasteiger partial charge in [-0.2, -0.15) is 4.98 Å². The maximum Gasteiger partial charge on any atom is 0.229 e. The molecule has 100 valence electrons. The standard InChI is InChI=1S/C14H22N2O2/c1-14(2)8-10(14)13-15-12(18-16-13)7-11(17)9-5-3-4-6-9/h9-11,17H,3-8H2,1-2H3. The van der Waals surface area contributed by atoms with E-state index in [0.29, 0.717) is 29.6 Å². The second-order valence-electron chi connectivity index (χ2n) is 6.61. The zero-order valence-corrected chi connectivity index (χ0v) is 11.2. The highest BCUT2D eigenvalue weighted by Gasteiger charge is 2.49. The molecule has 0 aromatic carbocycles. The molecule has 18 heavy (non-hydrogen) atoms. The van der Waals surface area contributed by atoms with Crippen LogP contribution < -0.4 is 0 Å². The van der Waals surface area contributed by atoms with Gasteiger partial charge in [0.1, 0.15) is 0 Å². The van der Waals surface area contributed by atoms with Crippen molar-refractivity contribution in [2.45, 2.75) is 64.4 Å². The number of aromatic nitrogens is 2. The maximum absolute atomic E-state index is 10.1. The first-order valence-corrected chi connectivity index (χ1v) is 7.07. The minimum atomic E-state index is -0.312. The molecule has 0 radical (unpaired) electrons. The summed E-state index contributed by atoms with van der Waals surface area (Å²) in [5, 5.41) is 14.2. The van der Waals surface area contributed by atoms with E-state index < -0.39 is 0 Å². The van der Waals surface area contributed by atoms with Gasteiger partial charge < -0.3 is 9.63 Å². The lowest BCUT2D eigenvalue weighted by Gasteiger charge is -2.14. The number of rotatable bonds is 4. The topological polar surface area (TPSA) is 59.2 Å². The highest BCUT2D eigenvalue weighted by molar-refractivity contribution is 5.14. The molecule has 2 aliphatic rings. The van der Waals surface area contributed by atoms with Gasteiger partial charge in [-0.05, 0) is 30.6 Å². The molecule has 4 nitrogen and oxygen atoms in total. The summed E-state index contributed by atoms with van der Waals surface area (Å²) in [7, 11) is 0. The first-order chi connectivity index (χ1) is 8.56. The van der Waals surface area contributed by atoms with E-state index in [-0.39, 0.29) is 6.10 Å². The van der Waals surface area contributed by atoms with Crippen LogP contribution in [0.5, 0.6) is 0 Å². The molecule has 2 unspecified atom stereocenters. The summed E-state index contributed by atoms with van der Waals surface area (Å²) in [5.41, 5.74) is 0.325. The molecular weight excluding hydrogens is 228 g/mol. The minimum absolute atomic E-state index is 0.312. The van der Waals surface area contributed by atoms with Crippen LogP contribution in [0.25, 0.3) is 0 Å². The molecule has 1 N–H and O–H groups in total. The van der Waals surface area contributed by atoms with Crippen LogP contribution in [-0.4, -0.2) is 21.4 Å². The Morgan fingerprint density at radius 2 is 2.06 bits per heavy atom. The zero-order valence-electron chi connectivity index (χ0n) is 11.2. The smallest absolute Gasteiger partial charge is 0.229 e. The Labute approximate surface area is 108 Å². The van der Waals surface area contributed by atoms with Gasteiger partial charge in [-0.25, -0.2) is 0 Å². The van der Waals surface area contributed by atoms with Crippen molar-refractivity contribution in [1.82, 2.24) is 10.1 Å². The normalized spacial score (nSPS) is 28.5. The van der Waals surface area contributed by atoms with Crippen molar-refractivity contribution in [2.24, 2.45) is 11.3 Å². The average molecular weight is 250 g/mol. The molecular formula is C14H22N2O2. The molecule has 0 aliphatic heterocycles. The van der Waals surface area contributed by atoms with Gasteiger partial charge in [0.2, 0.25) is 5.89 Å². The second-order valence-corrected chi connectivity index (χ2v) is 6.61. The van der Waals surface area contributed by atoms with Crippen molar-refractivity contribution in [3.05, 3.63) is 11.7 Å². The number of hydrogen-bond donors (Lipinski definition) is 1. The van der Waals surface area contributed by atoms with Crippen molar-refractivity contribution >= 4 is 0 Å². The SMILES string of the molecule is CC1(C)CC1c1noc(CC(O)C2CCCC2)n1. The molecule has 0 amide bonds.